The first-order chi connectivity index (χ1) is 12.7. The lowest BCUT2D eigenvalue weighted by Crippen LogP contribution is -2.21. The summed E-state index contributed by atoms with van der Waals surface area (Å²) in [5.41, 5.74) is -1.20. The lowest BCUT2D eigenvalue weighted by molar-refractivity contribution is -0.142. The van der Waals surface area contributed by atoms with Gasteiger partial charge in [-0.25, -0.2) is 13.6 Å². The fourth-order valence-electron chi connectivity index (χ4n) is 1.93. The molecule has 0 bridgehead atoms. The smallest absolute Gasteiger partial charge is 0.416 e. The van der Waals surface area contributed by atoms with Gasteiger partial charge in [0.1, 0.15) is 17.3 Å². The molecule has 0 unspecified atom stereocenters. The van der Waals surface area contributed by atoms with Gasteiger partial charge in [-0.2, -0.15) is 13.2 Å². The summed E-state index contributed by atoms with van der Waals surface area (Å²) in [5, 5.41) is 1.93. The summed E-state index contributed by atoms with van der Waals surface area (Å²) < 4.78 is 68.7. The molecule has 0 aliphatic rings. The number of nitrogens with one attached hydrogen (secondary N) is 1. The van der Waals surface area contributed by atoms with Gasteiger partial charge in [-0.05, 0) is 35.9 Å². The average molecular weight is 385 g/mol. The van der Waals surface area contributed by atoms with Gasteiger partial charge in [0.15, 0.2) is 6.61 Å². The molecular weight excluding hydrogens is 373 g/mol. The second-order valence-corrected chi connectivity index (χ2v) is 5.21. The Morgan fingerprint density at radius 1 is 1.00 bits per heavy atom. The van der Waals surface area contributed by atoms with Crippen LogP contribution in [0.4, 0.5) is 27.6 Å². The number of halogens is 5. The first kappa shape index (κ1) is 20.1. The Kier molecular flexibility index (Phi) is 6.27. The minimum atomic E-state index is -4.47. The number of ether oxygens (including phenoxy) is 1. The number of alkyl halides is 3. The van der Waals surface area contributed by atoms with E-state index in [1.807, 2.05) is 5.32 Å². The van der Waals surface area contributed by atoms with Crippen molar-refractivity contribution in [1.29, 1.82) is 0 Å². The van der Waals surface area contributed by atoms with E-state index < -0.39 is 47.5 Å². The molecule has 0 heterocycles. The van der Waals surface area contributed by atoms with Gasteiger partial charge in [-0.1, -0.05) is 18.2 Å². The Morgan fingerprint density at radius 2 is 1.59 bits per heavy atom. The summed E-state index contributed by atoms with van der Waals surface area (Å²) in [4.78, 5) is 23.1. The van der Waals surface area contributed by atoms with Crippen LogP contribution in [-0.4, -0.2) is 18.5 Å². The molecule has 0 atom stereocenters. The molecule has 0 saturated carbocycles. The average Bonchev–Trinajstić information content (AvgIpc) is 2.61. The molecule has 0 aliphatic carbocycles. The SMILES string of the molecule is O=C(COC(=O)/C=C/c1ccc(C(F)(F)F)cc1)Nc1c(F)cccc1F. The minimum Gasteiger partial charge on any atom is -0.452 e. The molecule has 0 spiro atoms. The third kappa shape index (κ3) is 5.91. The largest absolute Gasteiger partial charge is 0.452 e. The molecule has 142 valence electrons. The van der Waals surface area contributed by atoms with Crippen LogP contribution in [-0.2, 0) is 20.5 Å². The van der Waals surface area contributed by atoms with E-state index in [-0.39, 0.29) is 0 Å². The van der Waals surface area contributed by atoms with Crippen LogP contribution in [0.1, 0.15) is 11.1 Å². The number of hydrogen-bond acceptors (Lipinski definition) is 3. The topological polar surface area (TPSA) is 55.4 Å². The van der Waals surface area contributed by atoms with Crippen LogP contribution in [0.2, 0.25) is 0 Å². The number of esters is 1. The highest BCUT2D eigenvalue weighted by atomic mass is 19.4. The molecule has 0 radical (unpaired) electrons. The maximum Gasteiger partial charge on any atom is 0.416 e. The third-order valence-corrected chi connectivity index (χ3v) is 3.22. The number of carbonyl (C=O) groups excluding carboxylic acids is 2. The van der Waals surface area contributed by atoms with E-state index in [1.54, 1.807) is 0 Å². The van der Waals surface area contributed by atoms with E-state index in [2.05, 4.69) is 4.74 Å². The maximum absolute atomic E-state index is 13.4. The Hall–Kier alpha value is -3.23. The van der Waals surface area contributed by atoms with Crippen molar-refractivity contribution in [3.63, 3.8) is 0 Å². The van der Waals surface area contributed by atoms with Crippen molar-refractivity contribution in [3.05, 3.63) is 71.3 Å². The first-order valence-electron chi connectivity index (χ1n) is 7.43. The van der Waals surface area contributed by atoms with E-state index in [0.29, 0.717) is 5.56 Å². The van der Waals surface area contributed by atoms with Crippen LogP contribution in [0.15, 0.2) is 48.5 Å². The van der Waals surface area contributed by atoms with E-state index in [0.717, 1.165) is 48.5 Å². The lowest BCUT2D eigenvalue weighted by atomic mass is 10.1. The monoisotopic (exact) mass is 385 g/mol. The summed E-state index contributed by atoms with van der Waals surface area (Å²) in [7, 11) is 0. The molecule has 2 rings (SSSR count). The molecule has 9 heteroatoms. The van der Waals surface area contributed by atoms with Crippen LogP contribution >= 0.6 is 0 Å². The molecule has 2 aromatic rings. The standard InChI is InChI=1S/C18H12F5NO3/c19-13-2-1-3-14(20)17(13)24-15(25)10-27-16(26)9-6-11-4-7-12(8-5-11)18(21,22)23/h1-9H,10H2,(H,24,25)/b9-6+. The van der Waals surface area contributed by atoms with E-state index in [9.17, 15) is 31.5 Å². The Balaban J connectivity index is 1.87. The summed E-state index contributed by atoms with van der Waals surface area (Å²) in [6.07, 6.45) is -2.37. The van der Waals surface area contributed by atoms with Gasteiger partial charge in [0.25, 0.3) is 5.91 Å². The number of amides is 1. The summed E-state index contributed by atoms with van der Waals surface area (Å²) in [6.45, 7) is -0.802. The fourth-order valence-corrected chi connectivity index (χ4v) is 1.93. The predicted octanol–water partition coefficient (Wildman–Crippen LogP) is 4.18. The van der Waals surface area contributed by atoms with Crippen LogP contribution in [0, 0.1) is 11.6 Å². The third-order valence-electron chi connectivity index (χ3n) is 3.22. The van der Waals surface area contributed by atoms with Crippen LogP contribution in [0.25, 0.3) is 6.08 Å². The van der Waals surface area contributed by atoms with Gasteiger partial charge in [0.2, 0.25) is 0 Å². The molecule has 27 heavy (non-hydrogen) atoms. The number of para-hydroxylation sites is 1. The Morgan fingerprint density at radius 3 is 2.15 bits per heavy atom. The molecular formula is C18H12F5NO3. The highest BCUT2D eigenvalue weighted by Gasteiger charge is 2.29. The number of anilines is 1. The summed E-state index contributed by atoms with van der Waals surface area (Å²) in [5.74, 6) is -3.90. The molecule has 1 N–H and O–H groups in total. The van der Waals surface area contributed by atoms with E-state index in [4.69, 9.17) is 0 Å². The lowest BCUT2D eigenvalue weighted by Gasteiger charge is -2.07. The van der Waals surface area contributed by atoms with Crippen molar-refractivity contribution in [1.82, 2.24) is 0 Å². The zero-order valence-electron chi connectivity index (χ0n) is 13.5. The van der Waals surface area contributed by atoms with Crippen LogP contribution in [0.3, 0.4) is 0 Å². The van der Waals surface area contributed by atoms with Gasteiger partial charge >= 0.3 is 12.1 Å². The number of benzene rings is 2. The molecule has 0 saturated heterocycles. The van der Waals surface area contributed by atoms with Crippen molar-refractivity contribution in [2.75, 3.05) is 11.9 Å². The van der Waals surface area contributed by atoms with Gasteiger partial charge in [0.05, 0.1) is 5.56 Å². The van der Waals surface area contributed by atoms with Gasteiger partial charge in [0, 0.05) is 6.08 Å². The zero-order chi connectivity index (χ0) is 20.0. The molecule has 0 fully saturated rings. The predicted molar refractivity (Wildman–Crippen MR) is 86.4 cm³/mol. The van der Waals surface area contributed by atoms with Crippen molar-refractivity contribution in [2.45, 2.75) is 6.18 Å². The zero-order valence-corrected chi connectivity index (χ0v) is 13.5. The maximum atomic E-state index is 13.4. The number of carbonyl (C=O) groups is 2. The first-order valence-corrected chi connectivity index (χ1v) is 7.43. The van der Waals surface area contributed by atoms with Crippen LogP contribution in [0.5, 0.6) is 0 Å². The second-order valence-electron chi connectivity index (χ2n) is 5.21. The van der Waals surface area contributed by atoms with Crippen molar-refractivity contribution in [2.24, 2.45) is 0 Å². The molecule has 4 nitrogen and oxygen atoms in total. The molecule has 0 aromatic heterocycles. The molecule has 0 aliphatic heterocycles. The quantitative estimate of drug-likeness (QED) is 0.477. The fraction of sp³-hybridized carbons (Fsp3) is 0.111. The van der Waals surface area contributed by atoms with Gasteiger partial charge in [-0.15, -0.1) is 0 Å². The molecule has 1 amide bonds. The second kappa shape index (κ2) is 8.43. The summed E-state index contributed by atoms with van der Waals surface area (Å²) in [6, 6.07) is 7.00. The minimum absolute atomic E-state index is 0.304. The number of rotatable bonds is 5. The Labute approximate surface area is 150 Å². The Bertz CT molecular complexity index is 840. The highest BCUT2D eigenvalue weighted by molar-refractivity contribution is 5.94. The van der Waals surface area contributed by atoms with Crippen molar-refractivity contribution >= 4 is 23.6 Å². The van der Waals surface area contributed by atoms with Gasteiger partial charge < -0.3 is 10.1 Å². The summed E-state index contributed by atoms with van der Waals surface area (Å²) >= 11 is 0. The van der Waals surface area contributed by atoms with Crippen molar-refractivity contribution in [3.8, 4) is 0 Å². The van der Waals surface area contributed by atoms with E-state index in [1.165, 1.54) is 6.08 Å². The highest BCUT2D eigenvalue weighted by Crippen LogP contribution is 2.29. The number of hydrogen-bond donors (Lipinski definition) is 1. The van der Waals surface area contributed by atoms with Gasteiger partial charge in [-0.3, -0.25) is 4.79 Å². The van der Waals surface area contributed by atoms with Crippen molar-refractivity contribution < 1.29 is 36.3 Å². The van der Waals surface area contributed by atoms with Crippen LogP contribution < -0.4 is 5.32 Å². The molecule has 2 aromatic carbocycles. The van der Waals surface area contributed by atoms with E-state index >= 15 is 0 Å². The normalized spacial score (nSPS) is 11.4.